The molecule has 0 radical (unpaired) electrons. The van der Waals surface area contributed by atoms with E-state index in [1.807, 2.05) is 24.3 Å². The second-order valence-corrected chi connectivity index (χ2v) is 5.48. The minimum absolute atomic E-state index is 0.000168. The fourth-order valence-electron chi connectivity index (χ4n) is 2.37. The Morgan fingerprint density at radius 3 is 2.28 bits per heavy atom. The first-order valence-corrected chi connectivity index (χ1v) is 8.09. The van der Waals surface area contributed by atoms with Crippen molar-refractivity contribution in [3.05, 3.63) is 59.7 Å². The van der Waals surface area contributed by atoms with E-state index in [0.717, 1.165) is 5.56 Å². The molecule has 0 saturated heterocycles. The molecule has 5 heteroatoms. The molecule has 2 aromatic rings. The highest BCUT2D eigenvalue weighted by Crippen LogP contribution is 2.18. The van der Waals surface area contributed by atoms with Crippen LogP contribution in [-0.4, -0.2) is 26.0 Å². The van der Waals surface area contributed by atoms with E-state index in [1.54, 1.807) is 38.5 Å². The molecule has 132 valence electrons. The number of esters is 1. The summed E-state index contributed by atoms with van der Waals surface area (Å²) < 4.78 is 15.5. The first-order chi connectivity index (χ1) is 12.1. The Morgan fingerprint density at radius 1 is 0.880 bits per heavy atom. The van der Waals surface area contributed by atoms with Gasteiger partial charge in [-0.05, 0) is 36.8 Å². The zero-order valence-electron chi connectivity index (χ0n) is 14.5. The van der Waals surface area contributed by atoms with Gasteiger partial charge in [0, 0.05) is 24.0 Å². The molecule has 0 aliphatic carbocycles. The maximum atomic E-state index is 12.1. The van der Waals surface area contributed by atoms with Crippen LogP contribution in [0.5, 0.6) is 11.5 Å². The van der Waals surface area contributed by atoms with Gasteiger partial charge in [0.15, 0.2) is 5.78 Å². The minimum atomic E-state index is -0.326. The summed E-state index contributed by atoms with van der Waals surface area (Å²) in [5.74, 6) is 1.06. The normalized spacial score (nSPS) is 10.2. The van der Waals surface area contributed by atoms with E-state index in [-0.39, 0.29) is 24.8 Å². The molecule has 0 atom stereocenters. The van der Waals surface area contributed by atoms with Crippen LogP contribution in [0, 0.1) is 0 Å². The summed E-state index contributed by atoms with van der Waals surface area (Å²) in [5.41, 5.74) is 1.43. The highest BCUT2D eigenvalue weighted by Gasteiger charge is 2.10. The average Bonchev–Trinajstić information content (AvgIpc) is 2.66. The number of carbonyl (C=O) groups is 2. The van der Waals surface area contributed by atoms with Crippen molar-refractivity contribution in [1.29, 1.82) is 0 Å². The van der Waals surface area contributed by atoms with Gasteiger partial charge in [-0.3, -0.25) is 9.59 Å². The Kier molecular flexibility index (Phi) is 7.01. The molecule has 2 rings (SSSR count). The molecule has 0 spiro atoms. The van der Waals surface area contributed by atoms with Gasteiger partial charge in [0.2, 0.25) is 0 Å². The molecule has 0 unspecified atom stereocenters. The molecule has 0 aliphatic heterocycles. The first-order valence-electron chi connectivity index (χ1n) is 8.09. The molecule has 0 amide bonds. The van der Waals surface area contributed by atoms with Crippen molar-refractivity contribution < 1.29 is 23.8 Å². The smallest absolute Gasteiger partial charge is 0.306 e. The quantitative estimate of drug-likeness (QED) is 0.512. The van der Waals surface area contributed by atoms with Crippen molar-refractivity contribution >= 4 is 11.8 Å². The fourth-order valence-corrected chi connectivity index (χ4v) is 2.37. The molecule has 2 aromatic carbocycles. The summed E-state index contributed by atoms with van der Waals surface area (Å²) in [6, 6.07) is 14.3. The number of ether oxygens (including phenoxy) is 3. The van der Waals surface area contributed by atoms with Gasteiger partial charge in [-0.15, -0.1) is 0 Å². The summed E-state index contributed by atoms with van der Waals surface area (Å²) in [4.78, 5) is 23.9. The molecule has 0 bridgehead atoms. The molecular formula is C20H22O5. The van der Waals surface area contributed by atoms with Gasteiger partial charge in [-0.25, -0.2) is 0 Å². The van der Waals surface area contributed by atoms with Gasteiger partial charge < -0.3 is 14.2 Å². The van der Waals surface area contributed by atoms with Gasteiger partial charge in [0.05, 0.1) is 14.2 Å². The Morgan fingerprint density at radius 2 is 1.60 bits per heavy atom. The number of para-hydroxylation sites is 1. The Balaban J connectivity index is 1.73. The zero-order valence-corrected chi connectivity index (χ0v) is 14.5. The van der Waals surface area contributed by atoms with Crippen LogP contribution in [0.4, 0.5) is 0 Å². The predicted octanol–water partition coefficient (Wildman–Crippen LogP) is 3.80. The molecule has 5 nitrogen and oxygen atoms in total. The van der Waals surface area contributed by atoms with Crippen LogP contribution in [-0.2, 0) is 16.1 Å². The van der Waals surface area contributed by atoms with Crippen LogP contribution in [0.2, 0.25) is 0 Å². The Labute approximate surface area is 147 Å². The topological polar surface area (TPSA) is 61.8 Å². The zero-order chi connectivity index (χ0) is 18.1. The minimum Gasteiger partial charge on any atom is -0.497 e. The molecule has 0 heterocycles. The molecule has 0 fully saturated rings. The Hall–Kier alpha value is -2.82. The van der Waals surface area contributed by atoms with Gasteiger partial charge in [0.25, 0.3) is 0 Å². The van der Waals surface area contributed by atoms with Gasteiger partial charge in [-0.2, -0.15) is 0 Å². The van der Waals surface area contributed by atoms with Crippen LogP contribution in [0.25, 0.3) is 0 Å². The predicted molar refractivity (Wildman–Crippen MR) is 94.0 cm³/mol. The number of ketones is 1. The van der Waals surface area contributed by atoms with Crippen molar-refractivity contribution in [2.24, 2.45) is 0 Å². The molecule has 0 aliphatic rings. The largest absolute Gasteiger partial charge is 0.497 e. The number of rotatable bonds is 9. The van der Waals surface area contributed by atoms with E-state index in [4.69, 9.17) is 14.2 Å². The highest BCUT2D eigenvalue weighted by molar-refractivity contribution is 5.96. The summed E-state index contributed by atoms with van der Waals surface area (Å²) in [6.45, 7) is 0.162. The van der Waals surface area contributed by atoms with Crippen LogP contribution < -0.4 is 9.47 Å². The number of benzene rings is 2. The van der Waals surface area contributed by atoms with Crippen LogP contribution in [0.3, 0.4) is 0 Å². The highest BCUT2D eigenvalue weighted by atomic mass is 16.5. The Bertz CT molecular complexity index is 706. The summed E-state index contributed by atoms with van der Waals surface area (Å²) in [7, 11) is 3.15. The van der Waals surface area contributed by atoms with E-state index in [0.29, 0.717) is 29.9 Å². The van der Waals surface area contributed by atoms with Crippen molar-refractivity contribution in [3.8, 4) is 11.5 Å². The lowest BCUT2D eigenvalue weighted by Crippen LogP contribution is -2.07. The van der Waals surface area contributed by atoms with E-state index in [9.17, 15) is 9.59 Å². The third-order valence-electron chi connectivity index (χ3n) is 3.78. The van der Waals surface area contributed by atoms with Gasteiger partial charge >= 0.3 is 5.97 Å². The molecule has 0 aromatic heterocycles. The SMILES string of the molecule is COc1ccc(C(=O)CCCC(=O)OCc2ccccc2OC)cc1. The summed E-state index contributed by atoms with van der Waals surface area (Å²) in [6.07, 6.45) is 0.961. The van der Waals surface area contributed by atoms with Crippen LogP contribution >= 0.6 is 0 Å². The summed E-state index contributed by atoms with van der Waals surface area (Å²) >= 11 is 0. The number of methoxy groups -OCH3 is 2. The van der Waals surface area contributed by atoms with E-state index < -0.39 is 0 Å². The number of hydrogen-bond donors (Lipinski definition) is 0. The van der Waals surface area contributed by atoms with Gasteiger partial charge in [-0.1, -0.05) is 18.2 Å². The van der Waals surface area contributed by atoms with Gasteiger partial charge in [0.1, 0.15) is 18.1 Å². The van der Waals surface area contributed by atoms with Crippen molar-refractivity contribution in [2.45, 2.75) is 25.9 Å². The third-order valence-corrected chi connectivity index (χ3v) is 3.78. The van der Waals surface area contributed by atoms with Crippen molar-refractivity contribution in [3.63, 3.8) is 0 Å². The monoisotopic (exact) mass is 342 g/mol. The summed E-state index contributed by atoms with van der Waals surface area (Å²) in [5, 5.41) is 0. The number of carbonyl (C=O) groups excluding carboxylic acids is 2. The molecule has 0 N–H and O–H groups in total. The second-order valence-electron chi connectivity index (χ2n) is 5.48. The number of hydrogen-bond acceptors (Lipinski definition) is 5. The van der Waals surface area contributed by atoms with E-state index >= 15 is 0 Å². The maximum Gasteiger partial charge on any atom is 0.306 e. The maximum absolute atomic E-state index is 12.1. The molecular weight excluding hydrogens is 320 g/mol. The van der Waals surface area contributed by atoms with Crippen molar-refractivity contribution in [1.82, 2.24) is 0 Å². The lowest BCUT2D eigenvalue weighted by Gasteiger charge is -2.09. The van der Waals surface area contributed by atoms with E-state index in [1.165, 1.54) is 0 Å². The third kappa shape index (κ3) is 5.64. The van der Waals surface area contributed by atoms with E-state index in [2.05, 4.69) is 0 Å². The molecule has 25 heavy (non-hydrogen) atoms. The van der Waals surface area contributed by atoms with Crippen molar-refractivity contribution in [2.75, 3.05) is 14.2 Å². The fraction of sp³-hybridized carbons (Fsp3) is 0.300. The lowest BCUT2D eigenvalue weighted by molar-refractivity contribution is -0.145. The molecule has 0 saturated carbocycles. The number of Topliss-reactive ketones (excluding diaryl/α,β-unsaturated/α-hetero) is 1. The average molecular weight is 342 g/mol. The standard InChI is InChI=1S/C20H22O5/c1-23-17-12-10-15(11-13-17)18(21)7-5-9-20(22)25-14-16-6-3-4-8-19(16)24-2/h3-4,6,8,10-13H,5,7,9,14H2,1-2H3. The second kappa shape index (κ2) is 9.47. The first kappa shape index (κ1) is 18.5. The van der Waals surface area contributed by atoms with Crippen LogP contribution in [0.15, 0.2) is 48.5 Å². The van der Waals surface area contributed by atoms with Crippen LogP contribution in [0.1, 0.15) is 35.2 Å². The lowest BCUT2D eigenvalue weighted by atomic mass is 10.1.